The van der Waals surface area contributed by atoms with Crippen molar-refractivity contribution in [3.8, 4) is 0 Å². The first-order chi connectivity index (χ1) is 6.20. The Morgan fingerprint density at radius 3 is 2.46 bits per heavy atom. The van der Waals surface area contributed by atoms with Gasteiger partial charge in [-0.3, -0.25) is 0 Å². The molecule has 0 aliphatic carbocycles. The average Bonchev–Trinajstić information content (AvgIpc) is 2.12. The van der Waals surface area contributed by atoms with Gasteiger partial charge in [-0.25, -0.2) is 0 Å². The number of fused-ring (bicyclic) bond motifs is 1. The largest absolute Gasteiger partial charge is 0.398 e. The second-order valence-electron chi connectivity index (χ2n) is 2.80. The van der Waals surface area contributed by atoms with Crippen molar-refractivity contribution in [1.82, 2.24) is 0 Å². The van der Waals surface area contributed by atoms with Gasteiger partial charge in [0.1, 0.15) is 0 Å². The Kier molecular flexibility index (Phi) is 2.30. The lowest BCUT2D eigenvalue weighted by molar-refractivity contribution is 1.66. The molecule has 0 aliphatic heterocycles. The minimum absolute atomic E-state index is 0.769. The molecule has 2 aromatic rings. The number of rotatable bonds is 0. The minimum atomic E-state index is 0.769. The van der Waals surface area contributed by atoms with Gasteiger partial charge in [0.25, 0.3) is 0 Å². The third-order valence-electron chi connectivity index (χ3n) is 1.97. The topological polar surface area (TPSA) is 26.0 Å². The van der Waals surface area contributed by atoms with E-state index < -0.39 is 0 Å². The van der Waals surface area contributed by atoms with Crippen LogP contribution in [0.4, 0.5) is 5.69 Å². The first-order valence-corrected chi connectivity index (χ1v) is 5.41. The van der Waals surface area contributed by atoms with Crippen molar-refractivity contribution in [2.24, 2.45) is 0 Å². The van der Waals surface area contributed by atoms with Gasteiger partial charge in [0.2, 0.25) is 0 Å². The molecule has 0 amide bonds. The van der Waals surface area contributed by atoms with Gasteiger partial charge in [-0.15, -0.1) is 0 Å². The third kappa shape index (κ3) is 1.46. The molecule has 0 atom stereocenters. The fourth-order valence-corrected chi connectivity index (χ4v) is 2.28. The summed E-state index contributed by atoms with van der Waals surface area (Å²) in [5.41, 5.74) is 6.54. The van der Waals surface area contributed by atoms with E-state index in [4.69, 9.17) is 5.73 Å². The van der Waals surface area contributed by atoms with Crippen LogP contribution in [0, 0.1) is 0 Å². The van der Waals surface area contributed by atoms with E-state index in [0.717, 1.165) is 20.0 Å². The molecule has 3 heteroatoms. The summed E-state index contributed by atoms with van der Waals surface area (Å²) in [5, 5.41) is 2.30. The van der Waals surface area contributed by atoms with E-state index in [2.05, 4.69) is 31.9 Å². The van der Waals surface area contributed by atoms with Crippen LogP contribution in [0.5, 0.6) is 0 Å². The molecule has 66 valence electrons. The van der Waals surface area contributed by atoms with E-state index in [1.165, 1.54) is 5.39 Å². The van der Waals surface area contributed by atoms with Gasteiger partial charge in [-0.05, 0) is 38.8 Å². The molecule has 0 fully saturated rings. The van der Waals surface area contributed by atoms with E-state index in [1.54, 1.807) is 0 Å². The molecule has 2 N–H and O–H groups in total. The fraction of sp³-hybridized carbons (Fsp3) is 0. The second-order valence-corrected chi connectivity index (χ2v) is 4.45. The van der Waals surface area contributed by atoms with Gasteiger partial charge < -0.3 is 5.73 Å². The summed E-state index contributed by atoms with van der Waals surface area (Å²) in [6.07, 6.45) is 0. The Bertz CT molecular complexity index is 466. The van der Waals surface area contributed by atoms with Crippen molar-refractivity contribution in [3.63, 3.8) is 0 Å². The van der Waals surface area contributed by atoms with Gasteiger partial charge in [0.15, 0.2) is 0 Å². The third-order valence-corrected chi connectivity index (χ3v) is 3.55. The zero-order valence-corrected chi connectivity index (χ0v) is 9.89. The van der Waals surface area contributed by atoms with Crippen molar-refractivity contribution < 1.29 is 0 Å². The van der Waals surface area contributed by atoms with Crippen LogP contribution in [0.2, 0.25) is 0 Å². The van der Waals surface area contributed by atoms with E-state index >= 15 is 0 Å². The lowest BCUT2D eigenvalue weighted by Crippen LogP contribution is -1.87. The van der Waals surface area contributed by atoms with Crippen molar-refractivity contribution in [2.45, 2.75) is 0 Å². The molecule has 0 saturated carbocycles. The maximum atomic E-state index is 5.77. The Labute approximate surface area is 93.2 Å². The summed E-state index contributed by atoms with van der Waals surface area (Å²) in [7, 11) is 0. The Morgan fingerprint density at radius 2 is 1.69 bits per heavy atom. The molecule has 0 saturated heterocycles. The fourth-order valence-electron chi connectivity index (χ4n) is 1.30. The maximum absolute atomic E-state index is 5.77. The highest BCUT2D eigenvalue weighted by atomic mass is 79.9. The summed E-state index contributed by atoms with van der Waals surface area (Å²) in [5.74, 6) is 0. The predicted molar refractivity (Wildman–Crippen MR) is 63.8 cm³/mol. The van der Waals surface area contributed by atoms with E-state index in [1.807, 2.05) is 30.3 Å². The highest BCUT2D eigenvalue weighted by molar-refractivity contribution is 9.11. The monoisotopic (exact) mass is 299 g/mol. The molecule has 13 heavy (non-hydrogen) atoms. The van der Waals surface area contributed by atoms with Crippen LogP contribution in [0.25, 0.3) is 10.8 Å². The van der Waals surface area contributed by atoms with Crippen molar-refractivity contribution >= 4 is 48.3 Å². The number of nitrogen functional groups attached to an aromatic ring is 1. The molecular formula is C10H7Br2N. The number of hydrogen-bond donors (Lipinski definition) is 1. The summed E-state index contributed by atoms with van der Waals surface area (Å²) in [4.78, 5) is 0. The van der Waals surface area contributed by atoms with Crippen LogP contribution in [0.3, 0.4) is 0 Å². The smallest absolute Gasteiger partial charge is 0.0483 e. The summed E-state index contributed by atoms with van der Waals surface area (Å²) < 4.78 is 2.05. The van der Waals surface area contributed by atoms with Gasteiger partial charge in [0, 0.05) is 14.6 Å². The maximum Gasteiger partial charge on any atom is 0.0483 e. The Morgan fingerprint density at radius 1 is 0.923 bits per heavy atom. The van der Waals surface area contributed by atoms with Gasteiger partial charge >= 0.3 is 0 Å². The molecule has 0 bridgehead atoms. The standard InChI is InChI=1S/C10H7Br2N/c11-8-3-1-2-7-6(8)4-5-9(13)10(7)12/h1-5H,13H2. The lowest BCUT2D eigenvalue weighted by atomic mass is 10.1. The zero-order chi connectivity index (χ0) is 9.42. The van der Waals surface area contributed by atoms with Crippen LogP contribution < -0.4 is 5.73 Å². The van der Waals surface area contributed by atoms with Crippen LogP contribution in [0.1, 0.15) is 0 Å². The van der Waals surface area contributed by atoms with Gasteiger partial charge in [-0.2, -0.15) is 0 Å². The minimum Gasteiger partial charge on any atom is -0.398 e. The van der Waals surface area contributed by atoms with E-state index in [9.17, 15) is 0 Å². The number of benzene rings is 2. The molecule has 0 aliphatic rings. The molecule has 0 radical (unpaired) electrons. The SMILES string of the molecule is Nc1ccc2c(Br)cccc2c1Br. The summed E-state index contributed by atoms with van der Waals surface area (Å²) in [6, 6.07) is 9.97. The highest BCUT2D eigenvalue weighted by Gasteiger charge is 2.03. The number of nitrogens with two attached hydrogens (primary N) is 1. The van der Waals surface area contributed by atoms with Gasteiger partial charge in [-0.1, -0.05) is 34.1 Å². The molecule has 0 spiro atoms. The molecule has 0 aromatic heterocycles. The molecule has 2 rings (SSSR count). The predicted octanol–water partition coefficient (Wildman–Crippen LogP) is 3.95. The number of hydrogen-bond acceptors (Lipinski definition) is 1. The van der Waals surface area contributed by atoms with Crippen molar-refractivity contribution in [1.29, 1.82) is 0 Å². The van der Waals surface area contributed by atoms with Crippen LogP contribution in [0.15, 0.2) is 39.3 Å². The van der Waals surface area contributed by atoms with Crippen molar-refractivity contribution in [3.05, 3.63) is 39.3 Å². The van der Waals surface area contributed by atoms with Gasteiger partial charge in [0.05, 0.1) is 0 Å². The Hall–Kier alpha value is -0.540. The molecule has 0 heterocycles. The lowest BCUT2D eigenvalue weighted by Gasteiger charge is -2.04. The first-order valence-electron chi connectivity index (χ1n) is 3.82. The second kappa shape index (κ2) is 3.31. The average molecular weight is 301 g/mol. The molecule has 0 unspecified atom stereocenters. The van der Waals surface area contributed by atoms with Crippen LogP contribution >= 0.6 is 31.9 Å². The molecule has 2 aromatic carbocycles. The molecule has 1 nitrogen and oxygen atoms in total. The van der Waals surface area contributed by atoms with E-state index in [0.29, 0.717) is 0 Å². The summed E-state index contributed by atoms with van der Waals surface area (Å²) in [6.45, 7) is 0. The summed E-state index contributed by atoms with van der Waals surface area (Å²) >= 11 is 6.96. The van der Waals surface area contributed by atoms with Crippen LogP contribution in [-0.4, -0.2) is 0 Å². The first kappa shape index (κ1) is 9.03. The van der Waals surface area contributed by atoms with E-state index in [-0.39, 0.29) is 0 Å². The Balaban J connectivity index is 2.94. The zero-order valence-electron chi connectivity index (χ0n) is 6.72. The highest BCUT2D eigenvalue weighted by Crippen LogP contribution is 2.33. The van der Waals surface area contributed by atoms with Crippen molar-refractivity contribution in [2.75, 3.05) is 5.73 Å². The number of halogens is 2. The van der Waals surface area contributed by atoms with Crippen LogP contribution in [-0.2, 0) is 0 Å². The number of anilines is 1. The normalized spacial score (nSPS) is 10.6. The quantitative estimate of drug-likeness (QED) is 0.733. The molecular weight excluding hydrogens is 294 g/mol.